The third-order valence-corrected chi connectivity index (χ3v) is 4.20. The van der Waals surface area contributed by atoms with E-state index >= 15 is 0 Å². The summed E-state index contributed by atoms with van der Waals surface area (Å²) in [5, 5.41) is 0. The van der Waals surface area contributed by atoms with Crippen LogP contribution in [0.1, 0.15) is 111 Å². The van der Waals surface area contributed by atoms with Gasteiger partial charge in [-0.2, -0.15) is 0 Å². The highest BCUT2D eigenvalue weighted by molar-refractivity contribution is 5.53. The van der Waals surface area contributed by atoms with Crippen molar-refractivity contribution < 1.29 is 4.79 Å². The van der Waals surface area contributed by atoms with E-state index in [-0.39, 0.29) is 6.15 Å². The van der Waals surface area contributed by atoms with E-state index in [1.165, 1.54) is 77.0 Å². The number of unbranched alkanes of at least 4 members (excludes halogenated alkanes) is 10. The molecule has 0 fully saturated rings. The van der Waals surface area contributed by atoms with E-state index < -0.39 is 0 Å². The number of hydrogen-bond acceptors (Lipinski definition) is 3. The van der Waals surface area contributed by atoms with Crippen molar-refractivity contribution in [1.82, 2.24) is 6.15 Å². The van der Waals surface area contributed by atoms with Crippen LogP contribution in [0.4, 0.5) is 0 Å². The van der Waals surface area contributed by atoms with Gasteiger partial charge in [-0.25, -0.2) is 0 Å². The fourth-order valence-corrected chi connectivity index (χ4v) is 2.47. The Morgan fingerprint density at radius 2 is 1.17 bits per heavy atom. The van der Waals surface area contributed by atoms with E-state index in [0.717, 1.165) is 25.7 Å². The molecule has 0 aliphatic rings. The van der Waals surface area contributed by atoms with Crippen molar-refractivity contribution in [2.45, 2.75) is 111 Å². The van der Waals surface area contributed by atoms with Gasteiger partial charge in [0, 0.05) is 5.92 Å². The Morgan fingerprint density at radius 3 is 1.52 bits per heavy atom. The Bertz CT molecular complexity index is 188. The highest BCUT2D eigenvalue weighted by atomic mass is 16.1. The third-order valence-electron chi connectivity index (χ3n) is 4.20. The monoisotopic (exact) mass is 330 g/mol. The molecule has 0 heterocycles. The maximum absolute atomic E-state index is 10.2. The smallest absolute Gasteiger partial charge is 0.123 e. The molecule has 0 aromatic carbocycles. The summed E-state index contributed by atoms with van der Waals surface area (Å²) in [6, 6.07) is 0. The normalized spacial score (nSPS) is 11.1. The van der Waals surface area contributed by atoms with Crippen molar-refractivity contribution in [3.05, 3.63) is 0 Å². The summed E-state index contributed by atoms with van der Waals surface area (Å²) in [7, 11) is 0. The first-order valence-electron chi connectivity index (χ1n) is 9.92. The zero-order chi connectivity index (χ0) is 16.9. The number of rotatable bonds is 15. The molecular weight excluding hydrogens is 284 g/mol. The Hall–Kier alpha value is -0.410. The lowest BCUT2D eigenvalue weighted by Crippen LogP contribution is -1.98. The van der Waals surface area contributed by atoms with Crippen LogP contribution in [-0.4, -0.2) is 12.8 Å². The molecule has 5 N–H and O–H groups in total. The Balaban J connectivity index is -0.000000354. The van der Waals surface area contributed by atoms with E-state index in [1.54, 1.807) is 0 Å². The minimum Gasteiger partial charge on any atom is -0.344 e. The number of carbonyl (C=O) groups is 1. The second-order valence-corrected chi connectivity index (χ2v) is 6.42. The molecule has 3 nitrogen and oxygen atoms in total. The molecule has 0 bridgehead atoms. The minimum atomic E-state index is 0. The third kappa shape index (κ3) is 26.8. The van der Waals surface area contributed by atoms with Gasteiger partial charge in [0.1, 0.15) is 6.29 Å². The van der Waals surface area contributed by atoms with E-state index in [0.29, 0.717) is 5.92 Å². The predicted octanol–water partition coefficient (Wildman–Crippen LogP) is 6.43. The summed E-state index contributed by atoms with van der Waals surface area (Å²) in [6.45, 7) is 7.36. The second kappa shape index (κ2) is 26.5. The van der Waals surface area contributed by atoms with E-state index in [9.17, 15) is 4.79 Å². The molecule has 0 aliphatic heterocycles. The first-order valence-corrected chi connectivity index (χ1v) is 9.92. The van der Waals surface area contributed by atoms with Gasteiger partial charge in [0.2, 0.25) is 0 Å². The van der Waals surface area contributed by atoms with Crippen molar-refractivity contribution in [3.8, 4) is 0 Å². The molecule has 0 aromatic heterocycles. The number of nitrogens with two attached hydrogens (primary N) is 1. The van der Waals surface area contributed by atoms with Crippen LogP contribution in [0.25, 0.3) is 0 Å². The Kier molecular flexibility index (Phi) is 31.6. The fourth-order valence-electron chi connectivity index (χ4n) is 2.47. The fraction of sp³-hybridized carbons (Fsp3) is 0.950. The van der Waals surface area contributed by atoms with Crippen LogP contribution in [0.15, 0.2) is 0 Å². The molecule has 0 rings (SSSR count). The molecule has 0 amide bonds. The van der Waals surface area contributed by atoms with Crippen LogP contribution in [-0.2, 0) is 4.79 Å². The second-order valence-electron chi connectivity index (χ2n) is 6.42. The van der Waals surface area contributed by atoms with Gasteiger partial charge in [0.25, 0.3) is 0 Å². The lowest BCUT2D eigenvalue weighted by atomic mass is 10.0. The highest BCUT2D eigenvalue weighted by Gasteiger charge is 2.01. The minimum absolute atomic E-state index is 0. The molecule has 0 spiro atoms. The predicted molar refractivity (Wildman–Crippen MR) is 105 cm³/mol. The lowest BCUT2D eigenvalue weighted by molar-refractivity contribution is -0.111. The molecule has 0 saturated carbocycles. The highest BCUT2D eigenvalue weighted by Crippen LogP contribution is 2.10. The summed E-state index contributed by atoms with van der Waals surface area (Å²) < 4.78 is 0. The molecule has 23 heavy (non-hydrogen) atoms. The van der Waals surface area contributed by atoms with Crippen molar-refractivity contribution in [2.75, 3.05) is 6.54 Å². The van der Waals surface area contributed by atoms with Crippen LogP contribution in [0.2, 0.25) is 0 Å². The van der Waals surface area contributed by atoms with Crippen LogP contribution >= 0.6 is 0 Å². The van der Waals surface area contributed by atoms with Crippen molar-refractivity contribution in [3.63, 3.8) is 0 Å². The van der Waals surface area contributed by atoms with Crippen LogP contribution in [0, 0.1) is 5.92 Å². The number of hydrogen-bond donors (Lipinski definition) is 2. The Morgan fingerprint density at radius 1 is 0.739 bits per heavy atom. The van der Waals surface area contributed by atoms with Gasteiger partial charge in [0.05, 0.1) is 0 Å². The SMILES string of the molecule is CCCCC(C=O)CC.CCCCCCCCCCCCN.N. The van der Waals surface area contributed by atoms with Crippen molar-refractivity contribution >= 4 is 6.29 Å². The van der Waals surface area contributed by atoms with Gasteiger partial charge in [-0.1, -0.05) is 91.4 Å². The summed E-state index contributed by atoms with van der Waals surface area (Å²) in [5.74, 6) is 0.324. The molecule has 0 radical (unpaired) electrons. The first kappa shape index (κ1) is 27.4. The number of aldehydes is 1. The molecule has 1 unspecified atom stereocenters. The topological polar surface area (TPSA) is 78.1 Å². The van der Waals surface area contributed by atoms with Gasteiger partial charge in [-0.3, -0.25) is 0 Å². The molecule has 0 aromatic rings. The van der Waals surface area contributed by atoms with E-state index in [2.05, 4.69) is 20.8 Å². The van der Waals surface area contributed by atoms with Crippen molar-refractivity contribution in [2.24, 2.45) is 11.7 Å². The molecule has 142 valence electrons. The molecule has 1 atom stereocenters. The zero-order valence-electron chi connectivity index (χ0n) is 16.5. The van der Waals surface area contributed by atoms with E-state index in [1.807, 2.05) is 0 Å². The Labute approximate surface area is 146 Å². The van der Waals surface area contributed by atoms with Gasteiger partial charge < -0.3 is 16.7 Å². The van der Waals surface area contributed by atoms with Gasteiger partial charge in [-0.05, 0) is 25.8 Å². The van der Waals surface area contributed by atoms with E-state index in [4.69, 9.17) is 5.73 Å². The van der Waals surface area contributed by atoms with Crippen LogP contribution in [0.5, 0.6) is 0 Å². The molecule has 0 saturated heterocycles. The molecule has 3 heteroatoms. The summed E-state index contributed by atoms with van der Waals surface area (Å²) in [4.78, 5) is 10.2. The van der Waals surface area contributed by atoms with Gasteiger partial charge in [0.15, 0.2) is 0 Å². The average molecular weight is 331 g/mol. The largest absolute Gasteiger partial charge is 0.344 e. The zero-order valence-corrected chi connectivity index (χ0v) is 16.5. The lowest BCUT2D eigenvalue weighted by Gasteiger charge is -2.03. The summed E-state index contributed by atoms with van der Waals surface area (Å²) in [5.41, 5.74) is 5.42. The number of carbonyl (C=O) groups excluding carboxylic acids is 1. The average Bonchev–Trinajstić information content (AvgIpc) is 2.55. The standard InChI is InChI=1S/C12H27N.C8H16O.H3N/c1-2-3-4-5-6-7-8-9-10-11-12-13;1-3-5-6-8(4-2)7-9;/h2-13H2,1H3;7-8H,3-6H2,1-2H3;1H3. The quantitative estimate of drug-likeness (QED) is 0.268. The van der Waals surface area contributed by atoms with Crippen molar-refractivity contribution in [1.29, 1.82) is 0 Å². The molecule has 0 aliphatic carbocycles. The summed E-state index contributed by atoms with van der Waals surface area (Å²) >= 11 is 0. The van der Waals surface area contributed by atoms with Gasteiger partial charge >= 0.3 is 0 Å². The molecular formula is C20H46N2O. The maximum atomic E-state index is 10.2. The maximum Gasteiger partial charge on any atom is 0.123 e. The van der Waals surface area contributed by atoms with Gasteiger partial charge in [-0.15, -0.1) is 0 Å². The van der Waals surface area contributed by atoms with Crippen LogP contribution in [0.3, 0.4) is 0 Å². The summed E-state index contributed by atoms with van der Waals surface area (Å²) in [6.07, 6.45) is 19.5. The first-order chi connectivity index (χ1) is 10.8. The van der Waals surface area contributed by atoms with Crippen LogP contribution < -0.4 is 11.9 Å².